The summed E-state index contributed by atoms with van der Waals surface area (Å²) in [6.07, 6.45) is 0.413. The summed E-state index contributed by atoms with van der Waals surface area (Å²) in [4.78, 5) is 13.8. The van der Waals surface area contributed by atoms with Crippen molar-refractivity contribution in [1.29, 1.82) is 0 Å². The van der Waals surface area contributed by atoms with Crippen molar-refractivity contribution < 1.29 is 4.79 Å². The molecule has 0 aliphatic rings. The Kier molecular flexibility index (Phi) is 5.44. The van der Waals surface area contributed by atoms with Crippen LogP contribution in [0.1, 0.15) is 13.3 Å². The highest BCUT2D eigenvalue weighted by Crippen LogP contribution is 2.28. The summed E-state index contributed by atoms with van der Waals surface area (Å²) in [7, 11) is 3.84. The van der Waals surface area contributed by atoms with Crippen molar-refractivity contribution in [2.45, 2.75) is 13.3 Å². The Bertz CT molecular complexity index is 421. The minimum Gasteiger partial charge on any atom is -0.376 e. The van der Waals surface area contributed by atoms with E-state index in [0.717, 1.165) is 11.4 Å². The summed E-state index contributed by atoms with van der Waals surface area (Å²) in [6, 6.07) is 5.43. The van der Waals surface area contributed by atoms with E-state index in [1.807, 2.05) is 32.0 Å². The summed E-state index contributed by atoms with van der Waals surface area (Å²) in [5, 5.41) is 3.48. The molecule has 0 aromatic heterocycles. The second-order valence-corrected chi connectivity index (χ2v) is 5.09. The molecule has 0 aliphatic heterocycles. The topological polar surface area (TPSA) is 58.4 Å². The van der Waals surface area contributed by atoms with Crippen molar-refractivity contribution in [3.63, 3.8) is 0 Å². The molecular formula is C13H20ClN3O. The summed E-state index contributed by atoms with van der Waals surface area (Å²) >= 11 is 5.95. The average molecular weight is 270 g/mol. The molecule has 0 saturated heterocycles. The van der Waals surface area contributed by atoms with Gasteiger partial charge in [0, 0.05) is 25.5 Å². The highest BCUT2D eigenvalue weighted by Gasteiger charge is 2.11. The molecule has 0 aliphatic carbocycles. The van der Waals surface area contributed by atoms with Crippen molar-refractivity contribution in [2.75, 3.05) is 30.9 Å². The van der Waals surface area contributed by atoms with Gasteiger partial charge in [-0.3, -0.25) is 4.79 Å². The van der Waals surface area contributed by atoms with Gasteiger partial charge in [-0.1, -0.05) is 18.5 Å². The lowest BCUT2D eigenvalue weighted by Crippen LogP contribution is -2.21. The minimum absolute atomic E-state index is 0.0432. The van der Waals surface area contributed by atoms with Crippen LogP contribution in [-0.2, 0) is 4.79 Å². The quantitative estimate of drug-likeness (QED) is 0.863. The molecule has 0 bridgehead atoms. The number of anilines is 2. The minimum atomic E-state index is -0.0432. The highest BCUT2D eigenvalue weighted by atomic mass is 35.5. The van der Waals surface area contributed by atoms with Gasteiger partial charge in [-0.2, -0.15) is 0 Å². The third-order valence-electron chi connectivity index (χ3n) is 2.65. The maximum atomic E-state index is 11.8. The molecule has 3 N–H and O–H groups in total. The molecule has 18 heavy (non-hydrogen) atoms. The van der Waals surface area contributed by atoms with Crippen LogP contribution in [0.15, 0.2) is 18.2 Å². The summed E-state index contributed by atoms with van der Waals surface area (Å²) in [5.74, 6) is 0.130. The molecular weight excluding hydrogens is 250 g/mol. The van der Waals surface area contributed by atoms with Crippen molar-refractivity contribution in [2.24, 2.45) is 11.7 Å². The molecule has 4 nitrogen and oxygen atoms in total. The molecule has 100 valence electrons. The number of amides is 1. The number of halogens is 1. The van der Waals surface area contributed by atoms with Crippen LogP contribution in [-0.4, -0.2) is 26.5 Å². The van der Waals surface area contributed by atoms with Crippen LogP contribution >= 0.6 is 11.6 Å². The van der Waals surface area contributed by atoms with Crippen LogP contribution < -0.4 is 16.0 Å². The SMILES string of the molecule is CC(CN)CC(=O)Nc1cc(Cl)ccc1N(C)C. The zero-order chi connectivity index (χ0) is 13.7. The highest BCUT2D eigenvalue weighted by molar-refractivity contribution is 6.31. The van der Waals surface area contributed by atoms with E-state index >= 15 is 0 Å². The van der Waals surface area contributed by atoms with E-state index < -0.39 is 0 Å². The largest absolute Gasteiger partial charge is 0.376 e. The normalized spacial score (nSPS) is 12.1. The molecule has 1 rings (SSSR count). The van der Waals surface area contributed by atoms with E-state index in [0.29, 0.717) is 18.0 Å². The number of carbonyl (C=O) groups is 1. The van der Waals surface area contributed by atoms with Crippen molar-refractivity contribution in [3.05, 3.63) is 23.2 Å². The molecule has 5 heteroatoms. The molecule has 1 amide bonds. The van der Waals surface area contributed by atoms with E-state index in [1.54, 1.807) is 12.1 Å². The maximum Gasteiger partial charge on any atom is 0.224 e. The first-order valence-corrected chi connectivity index (χ1v) is 6.28. The molecule has 1 aromatic rings. The Balaban J connectivity index is 2.82. The molecule has 1 aromatic carbocycles. The van der Waals surface area contributed by atoms with E-state index in [9.17, 15) is 4.79 Å². The number of rotatable bonds is 5. The fraction of sp³-hybridized carbons (Fsp3) is 0.462. The van der Waals surface area contributed by atoms with E-state index in [4.69, 9.17) is 17.3 Å². The first kappa shape index (κ1) is 14.8. The van der Waals surface area contributed by atoms with Gasteiger partial charge in [0.2, 0.25) is 5.91 Å². The van der Waals surface area contributed by atoms with Gasteiger partial charge in [-0.15, -0.1) is 0 Å². The summed E-state index contributed by atoms with van der Waals surface area (Å²) in [6.45, 7) is 2.45. The van der Waals surface area contributed by atoms with Gasteiger partial charge in [0.25, 0.3) is 0 Å². The number of nitrogens with zero attached hydrogens (tertiary/aromatic N) is 1. The Hall–Kier alpha value is -1.26. The fourth-order valence-electron chi connectivity index (χ4n) is 1.60. The van der Waals surface area contributed by atoms with E-state index in [2.05, 4.69) is 5.32 Å². The zero-order valence-electron chi connectivity index (χ0n) is 11.0. The van der Waals surface area contributed by atoms with Gasteiger partial charge in [0.15, 0.2) is 0 Å². The number of benzene rings is 1. The third kappa shape index (κ3) is 4.20. The molecule has 1 atom stereocenters. The smallest absolute Gasteiger partial charge is 0.224 e. The lowest BCUT2D eigenvalue weighted by molar-refractivity contribution is -0.116. The average Bonchev–Trinajstić information content (AvgIpc) is 2.28. The second kappa shape index (κ2) is 6.61. The lowest BCUT2D eigenvalue weighted by atomic mass is 10.1. The number of nitrogens with one attached hydrogen (secondary N) is 1. The van der Waals surface area contributed by atoms with Gasteiger partial charge < -0.3 is 16.0 Å². The number of hydrogen-bond donors (Lipinski definition) is 2. The van der Waals surface area contributed by atoms with Crippen LogP contribution in [0.5, 0.6) is 0 Å². The predicted molar refractivity (Wildman–Crippen MR) is 77.2 cm³/mol. The Morgan fingerprint density at radius 1 is 1.50 bits per heavy atom. The van der Waals surface area contributed by atoms with Gasteiger partial charge in [0.1, 0.15) is 0 Å². The van der Waals surface area contributed by atoms with Gasteiger partial charge in [-0.25, -0.2) is 0 Å². The van der Waals surface area contributed by atoms with Crippen LogP contribution in [0, 0.1) is 5.92 Å². The monoisotopic (exact) mass is 269 g/mol. The fourth-order valence-corrected chi connectivity index (χ4v) is 1.77. The molecule has 1 unspecified atom stereocenters. The molecule has 0 spiro atoms. The van der Waals surface area contributed by atoms with Crippen LogP contribution in [0.25, 0.3) is 0 Å². The van der Waals surface area contributed by atoms with Gasteiger partial charge in [0.05, 0.1) is 11.4 Å². The van der Waals surface area contributed by atoms with Gasteiger partial charge >= 0.3 is 0 Å². The standard InChI is InChI=1S/C13H20ClN3O/c1-9(8-15)6-13(18)16-11-7-10(14)4-5-12(11)17(2)3/h4-5,7,9H,6,8,15H2,1-3H3,(H,16,18). The maximum absolute atomic E-state index is 11.8. The van der Waals surface area contributed by atoms with Gasteiger partial charge in [-0.05, 0) is 30.7 Å². The number of hydrogen-bond acceptors (Lipinski definition) is 3. The molecule has 0 heterocycles. The van der Waals surface area contributed by atoms with Crippen LogP contribution in [0.3, 0.4) is 0 Å². The molecule has 0 fully saturated rings. The Morgan fingerprint density at radius 2 is 2.17 bits per heavy atom. The van der Waals surface area contributed by atoms with Crippen molar-refractivity contribution in [3.8, 4) is 0 Å². The molecule has 0 radical (unpaired) electrons. The van der Waals surface area contributed by atoms with E-state index in [-0.39, 0.29) is 11.8 Å². The third-order valence-corrected chi connectivity index (χ3v) is 2.89. The van der Waals surface area contributed by atoms with E-state index in [1.165, 1.54) is 0 Å². The Morgan fingerprint density at radius 3 is 2.72 bits per heavy atom. The first-order chi connectivity index (χ1) is 8.43. The first-order valence-electron chi connectivity index (χ1n) is 5.90. The predicted octanol–water partition coefficient (Wildman–Crippen LogP) is 2.33. The molecule has 0 saturated carbocycles. The number of carbonyl (C=O) groups excluding carboxylic acids is 1. The second-order valence-electron chi connectivity index (χ2n) is 4.65. The lowest BCUT2D eigenvalue weighted by Gasteiger charge is -2.18. The summed E-state index contributed by atoms with van der Waals surface area (Å²) in [5.41, 5.74) is 7.15. The zero-order valence-corrected chi connectivity index (χ0v) is 11.8. The number of nitrogens with two attached hydrogens (primary N) is 1. The van der Waals surface area contributed by atoms with Crippen molar-refractivity contribution >= 4 is 28.9 Å². The summed E-state index contributed by atoms with van der Waals surface area (Å²) < 4.78 is 0. The van der Waals surface area contributed by atoms with Crippen LogP contribution in [0.2, 0.25) is 5.02 Å². The van der Waals surface area contributed by atoms with Crippen LogP contribution in [0.4, 0.5) is 11.4 Å². The Labute approximate surface area is 113 Å². The van der Waals surface area contributed by atoms with Crippen molar-refractivity contribution in [1.82, 2.24) is 0 Å².